The van der Waals surface area contributed by atoms with E-state index in [9.17, 15) is 4.79 Å². The number of hydrogen-bond donors (Lipinski definition) is 3. The fraction of sp³-hybridized carbons (Fsp3) is 0.462. The molecule has 3 unspecified atom stereocenters. The lowest BCUT2D eigenvalue weighted by molar-refractivity contribution is 0.0696. The molecule has 17 heavy (non-hydrogen) atoms. The molecule has 4 nitrogen and oxygen atoms in total. The Hall–Kier alpha value is -1.39. The van der Waals surface area contributed by atoms with Crippen LogP contribution in [0.4, 0.5) is 0 Å². The summed E-state index contributed by atoms with van der Waals surface area (Å²) in [6.45, 7) is 2.94. The van der Waals surface area contributed by atoms with Crippen molar-refractivity contribution in [3.05, 3.63) is 35.4 Å². The molecule has 1 fully saturated rings. The fourth-order valence-corrected chi connectivity index (χ4v) is 2.42. The average Bonchev–Trinajstić information content (AvgIpc) is 2.32. The van der Waals surface area contributed by atoms with Crippen molar-refractivity contribution >= 4 is 5.97 Å². The van der Waals surface area contributed by atoms with E-state index in [-0.39, 0.29) is 12.0 Å². The highest BCUT2D eigenvalue weighted by molar-refractivity contribution is 5.87. The molecule has 1 aromatic carbocycles. The molecule has 3 atom stereocenters. The van der Waals surface area contributed by atoms with Gasteiger partial charge in [-0.2, -0.15) is 0 Å². The average molecular weight is 234 g/mol. The van der Waals surface area contributed by atoms with Crippen molar-refractivity contribution in [2.24, 2.45) is 5.73 Å². The monoisotopic (exact) mass is 234 g/mol. The van der Waals surface area contributed by atoms with Gasteiger partial charge in [0.05, 0.1) is 5.56 Å². The lowest BCUT2D eigenvalue weighted by atomic mass is 9.83. The molecule has 0 aliphatic carbocycles. The van der Waals surface area contributed by atoms with Crippen molar-refractivity contribution in [1.82, 2.24) is 5.32 Å². The highest BCUT2D eigenvalue weighted by Gasteiger charge is 2.26. The predicted molar refractivity (Wildman–Crippen MR) is 66.2 cm³/mol. The Kier molecular flexibility index (Phi) is 3.45. The summed E-state index contributed by atoms with van der Waals surface area (Å²) >= 11 is 0. The normalized spacial score (nSPS) is 28.9. The van der Waals surface area contributed by atoms with E-state index in [4.69, 9.17) is 10.8 Å². The summed E-state index contributed by atoms with van der Waals surface area (Å²) in [6.07, 6.45) is 0.900. The van der Waals surface area contributed by atoms with Crippen LogP contribution in [-0.4, -0.2) is 29.7 Å². The summed E-state index contributed by atoms with van der Waals surface area (Å²) in [4.78, 5) is 10.9. The number of rotatable bonds is 2. The van der Waals surface area contributed by atoms with Gasteiger partial charge in [0.25, 0.3) is 0 Å². The molecule has 1 aromatic rings. The number of carboxylic acids is 1. The number of nitrogens with one attached hydrogen (secondary N) is 1. The Balaban J connectivity index is 2.26. The zero-order valence-electron chi connectivity index (χ0n) is 9.89. The van der Waals surface area contributed by atoms with Crippen molar-refractivity contribution in [2.45, 2.75) is 31.3 Å². The second-order valence-corrected chi connectivity index (χ2v) is 4.73. The Morgan fingerprint density at radius 1 is 1.53 bits per heavy atom. The van der Waals surface area contributed by atoms with Gasteiger partial charge in [-0.05, 0) is 31.0 Å². The second kappa shape index (κ2) is 4.85. The molecule has 92 valence electrons. The van der Waals surface area contributed by atoms with E-state index in [0.717, 1.165) is 18.5 Å². The van der Waals surface area contributed by atoms with Crippen LogP contribution in [0.25, 0.3) is 0 Å². The number of carboxylic acid groups (broad SMARTS) is 1. The van der Waals surface area contributed by atoms with Crippen LogP contribution >= 0.6 is 0 Å². The first-order chi connectivity index (χ1) is 8.08. The van der Waals surface area contributed by atoms with Crippen LogP contribution in [-0.2, 0) is 0 Å². The molecule has 4 heteroatoms. The third-order valence-electron chi connectivity index (χ3n) is 3.42. The first-order valence-corrected chi connectivity index (χ1v) is 5.90. The smallest absolute Gasteiger partial charge is 0.335 e. The molecule has 4 N–H and O–H groups in total. The molecule has 0 radical (unpaired) electrons. The van der Waals surface area contributed by atoms with E-state index in [1.807, 2.05) is 6.07 Å². The van der Waals surface area contributed by atoms with Gasteiger partial charge >= 0.3 is 5.97 Å². The Bertz CT molecular complexity index is 420. The molecule has 1 heterocycles. The number of hydrogen-bond acceptors (Lipinski definition) is 3. The van der Waals surface area contributed by atoms with E-state index in [0.29, 0.717) is 11.6 Å². The van der Waals surface area contributed by atoms with Crippen molar-refractivity contribution in [1.29, 1.82) is 0 Å². The Morgan fingerprint density at radius 2 is 2.29 bits per heavy atom. The Morgan fingerprint density at radius 3 is 3.00 bits per heavy atom. The van der Waals surface area contributed by atoms with Gasteiger partial charge in [0, 0.05) is 24.5 Å². The molecule has 2 rings (SSSR count). The van der Waals surface area contributed by atoms with Crippen LogP contribution in [0.3, 0.4) is 0 Å². The summed E-state index contributed by atoms with van der Waals surface area (Å²) in [6, 6.07) is 7.62. The summed E-state index contributed by atoms with van der Waals surface area (Å²) in [5.41, 5.74) is 7.34. The SMILES string of the molecule is CC1NCC(N)CC1c1cccc(C(=O)O)c1. The van der Waals surface area contributed by atoms with Crippen LogP contribution in [0.15, 0.2) is 24.3 Å². The molecule has 0 saturated carbocycles. The highest BCUT2D eigenvalue weighted by atomic mass is 16.4. The molecule has 1 aliphatic rings. The molecule has 0 aromatic heterocycles. The zero-order valence-corrected chi connectivity index (χ0v) is 9.89. The van der Waals surface area contributed by atoms with E-state index in [1.54, 1.807) is 18.2 Å². The largest absolute Gasteiger partial charge is 0.478 e. The molecular weight excluding hydrogens is 216 g/mol. The minimum absolute atomic E-state index is 0.143. The van der Waals surface area contributed by atoms with E-state index < -0.39 is 5.97 Å². The first-order valence-electron chi connectivity index (χ1n) is 5.90. The van der Waals surface area contributed by atoms with Crippen LogP contribution in [0.5, 0.6) is 0 Å². The standard InChI is InChI=1S/C13H18N2O2/c1-8-12(6-11(14)7-15-8)9-3-2-4-10(5-9)13(16)17/h2-5,8,11-12,15H,6-7,14H2,1H3,(H,16,17). The number of piperidine rings is 1. The second-order valence-electron chi connectivity index (χ2n) is 4.73. The molecule has 0 spiro atoms. The summed E-state index contributed by atoms with van der Waals surface area (Å²) in [5, 5.41) is 12.3. The molecule has 1 saturated heterocycles. The molecular formula is C13H18N2O2. The van der Waals surface area contributed by atoms with Crippen molar-refractivity contribution in [2.75, 3.05) is 6.54 Å². The highest BCUT2D eigenvalue weighted by Crippen LogP contribution is 2.28. The topological polar surface area (TPSA) is 75.3 Å². The molecule has 0 bridgehead atoms. The van der Waals surface area contributed by atoms with Crippen LogP contribution in [0.1, 0.15) is 35.2 Å². The van der Waals surface area contributed by atoms with Gasteiger partial charge in [-0.15, -0.1) is 0 Å². The van der Waals surface area contributed by atoms with Crippen molar-refractivity contribution < 1.29 is 9.90 Å². The lowest BCUT2D eigenvalue weighted by Crippen LogP contribution is -2.48. The van der Waals surface area contributed by atoms with Gasteiger partial charge in [-0.25, -0.2) is 4.79 Å². The third-order valence-corrected chi connectivity index (χ3v) is 3.42. The van der Waals surface area contributed by atoms with Gasteiger partial charge in [0.1, 0.15) is 0 Å². The fourth-order valence-electron chi connectivity index (χ4n) is 2.42. The van der Waals surface area contributed by atoms with Crippen LogP contribution < -0.4 is 11.1 Å². The minimum Gasteiger partial charge on any atom is -0.478 e. The lowest BCUT2D eigenvalue weighted by Gasteiger charge is -2.34. The Labute approximate surface area is 101 Å². The quantitative estimate of drug-likeness (QED) is 0.718. The van der Waals surface area contributed by atoms with E-state index in [1.165, 1.54) is 0 Å². The van der Waals surface area contributed by atoms with Crippen LogP contribution in [0, 0.1) is 0 Å². The minimum atomic E-state index is -0.882. The van der Waals surface area contributed by atoms with Gasteiger partial charge in [0.2, 0.25) is 0 Å². The van der Waals surface area contributed by atoms with Crippen LogP contribution in [0.2, 0.25) is 0 Å². The first kappa shape index (κ1) is 12.1. The maximum Gasteiger partial charge on any atom is 0.335 e. The van der Waals surface area contributed by atoms with E-state index >= 15 is 0 Å². The number of nitrogens with two attached hydrogens (primary N) is 1. The summed E-state index contributed by atoms with van der Waals surface area (Å²) in [5.74, 6) is -0.592. The number of aromatic carboxylic acids is 1. The van der Waals surface area contributed by atoms with E-state index in [2.05, 4.69) is 12.2 Å². The summed E-state index contributed by atoms with van der Waals surface area (Å²) in [7, 11) is 0. The maximum atomic E-state index is 10.9. The number of carbonyl (C=O) groups is 1. The van der Waals surface area contributed by atoms with Crippen molar-refractivity contribution in [3.63, 3.8) is 0 Å². The van der Waals surface area contributed by atoms with Gasteiger partial charge in [-0.3, -0.25) is 0 Å². The maximum absolute atomic E-state index is 10.9. The number of benzene rings is 1. The third kappa shape index (κ3) is 2.65. The van der Waals surface area contributed by atoms with Gasteiger partial charge in [-0.1, -0.05) is 12.1 Å². The molecule has 0 amide bonds. The van der Waals surface area contributed by atoms with Gasteiger partial charge < -0.3 is 16.2 Å². The van der Waals surface area contributed by atoms with Crippen molar-refractivity contribution in [3.8, 4) is 0 Å². The predicted octanol–water partition coefficient (Wildman–Crippen LogP) is 1.18. The zero-order chi connectivity index (χ0) is 12.4. The summed E-state index contributed by atoms with van der Waals surface area (Å²) < 4.78 is 0. The van der Waals surface area contributed by atoms with Gasteiger partial charge in [0.15, 0.2) is 0 Å². The molecule has 1 aliphatic heterocycles.